The first-order chi connectivity index (χ1) is 13.5. The van der Waals surface area contributed by atoms with Gasteiger partial charge in [-0.15, -0.1) is 0 Å². The van der Waals surface area contributed by atoms with Crippen LogP contribution in [0.4, 0.5) is 0 Å². The molecular weight excluding hydrogens is 370 g/mol. The lowest BCUT2D eigenvalue weighted by molar-refractivity contribution is -0.137. The molecule has 7 nitrogen and oxygen atoms in total. The third kappa shape index (κ3) is 5.94. The summed E-state index contributed by atoms with van der Waals surface area (Å²) >= 11 is 0. The molecule has 0 atom stereocenters. The molecule has 2 rings (SSSR count). The Hall–Kier alpha value is -3.09. The van der Waals surface area contributed by atoms with Gasteiger partial charge in [-0.05, 0) is 52.8 Å². The number of aryl methyl sites for hydroxylation is 1. The molecule has 29 heavy (non-hydrogen) atoms. The SMILES string of the molecule is Cc1cc(C(=O)OCC(=O)N(C)CC(=O)NC(C)(C)C)c(C)n1-c1ccccc1. The number of likely N-dealkylation sites (N-methyl/N-ethyl adjacent to an activating group) is 1. The summed E-state index contributed by atoms with van der Waals surface area (Å²) in [7, 11) is 1.50. The Morgan fingerprint density at radius 1 is 1.10 bits per heavy atom. The summed E-state index contributed by atoms with van der Waals surface area (Å²) in [6.07, 6.45) is 0. The number of carbonyl (C=O) groups excluding carboxylic acids is 3. The van der Waals surface area contributed by atoms with Gasteiger partial charge < -0.3 is 19.5 Å². The number of aromatic nitrogens is 1. The Balaban J connectivity index is 1.99. The predicted octanol–water partition coefficient (Wildman–Crippen LogP) is 2.62. The van der Waals surface area contributed by atoms with Gasteiger partial charge in [-0.25, -0.2) is 4.79 Å². The molecule has 156 valence electrons. The summed E-state index contributed by atoms with van der Waals surface area (Å²) in [6, 6.07) is 11.4. The lowest BCUT2D eigenvalue weighted by Gasteiger charge is -2.23. The molecule has 2 amide bonds. The number of rotatable bonds is 6. The Kier molecular flexibility index (Phi) is 6.84. The summed E-state index contributed by atoms with van der Waals surface area (Å²) in [5.74, 6) is -1.29. The molecule has 0 saturated heterocycles. The molecule has 1 N–H and O–H groups in total. The molecule has 0 bridgehead atoms. The van der Waals surface area contributed by atoms with Gasteiger partial charge in [0.1, 0.15) is 0 Å². The van der Waals surface area contributed by atoms with Crippen molar-refractivity contribution in [3.05, 3.63) is 53.3 Å². The molecule has 0 aliphatic heterocycles. The second-order valence-electron chi connectivity index (χ2n) is 8.08. The van der Waals surface area contributed by atoms with E-state index in [0.29, 0.717) is 5.56 Å². The molecule has 1 heterocycles. The van der Waals surface area contributed by atoms with Crippen LogP contribution in [-0.2, 0) is 14.3 Å². The van der Waals surface area contributed by atoms with Gasteiger partial charge >= 0.3 is 5.97 Å². The topological polar surface area (TPSA) is 80.6 Å². The van der Waals surface area contributed by atoms with Crippen LogP contribution in [0.1, 0.15) is 42.5 Å². The van der Waals surface area contributed by atoms with E-state index in [-0.39, 0.29) is 18.0 Å². The van der Waals surface area contributed by atoms with Crippen LogP contribution in [0.25, 0.3) is 5.69 Å². The number of nitrogens with one attached hydrogen (secondary N) is 1. The van der Waals surface area contributed by atoms with E-state index >= 15 is 0 Å². The first kappa shape index (κ1) is 22.2. The summed E-state index contributed by atoms with van der Waals surface area (Å²) < 4.78 is 7.16. The Labute approximate surface area is 171 Å². The standard InChI is InChI=1S/C22H29N3O4/c1-15-12-18(16(2)25(15)17-10-8-7-9-11-17)21(28)29-14-20(27)24(6)13-19(26)23-22(3,4)5/h7-12H,13-14H2,1-6H3,(H,23,26). The van der Waals surface area contributed by atoms with Gasteiger partial charge in [-0.3, -0.25) is 9.59 Å². The molecule has 1 aromatic carbocycles. The molecule has 0 unspecified atom stereocenters. The van der Waals surface area contributed by atoms with E-state index < -0.39 is 18.5 Å². The van der Waals surface area contributed by atoms with E-state index in [1.165, 1.54) is 11.9 Å². The van der Waals surface area contributed by atoms with Crippen molar-refractivity contribution in [3.63, 3.8) is 0 Å². The van der Waals surface area contributed by atoms with Crippen molar-refractivity contribution in [1.82, 2.24) is 14.8 Å². The van der Waals surface area contributed by atoms with Crippen LogP contribution < -0.4 is 5.32 Å². The maximum Gasteiger partial charge on any atom is 0.340 e. The van der Waals surface area contributed by atoms with Crippen molar-refractivity contribution < 1.29 is 19.1 Å². The molecule has 0 spiro atoms. The molecule has 1 aromatic heterocycles. The largest absolute Gasteiger partial charge is 0.452 e. The van der Waals surface area contributed by atoms with Gasteiger partial charge in [0.05, 0.1) is 12.1 Å². The first-order valence-corrected chi connectivity index (χ1v) is 9.46. The molecule has 0 fully saturated rings. The van der Waals surface area contributed by atoms with Gasteiger partial charge in [0.25, 0.3) is 5.91 Å². The summed E-state index contributed by atoms with van der Waals surface area (Å²) in [4.78, 5) is 37.9. The quantitative estimate of drug-likeness (QED) is 0.757. The van der Waals surface area contributed by atoms with Gasteiger partial charge in [0.2, 0.25) is 5.91 Å². The maximum atomic E-state index is 12.5. The Morgan fingerprint density at radius 3 is 2.31 bits per heavy atom. The maximum absolute atomic E-state index is 12.5. The van der Waals surface area contributed by atoms with E-state index in [4.69, 9.17) is 4.74 Å². The van der Waals surface area contributed by atoms with Crippen molar-refractivity contribution in [1.29, 1.82) is 0 Å². The minimum Gasteiger partial charge on any atom is -0.452 e. The van der Waals surface area contributed by atoms with Crippen molar-refractivity contribution in [2.75, 3.05) is 20.2 Å². The van der Waals surface area contributed by atoms with Crippen molar-refractivity contribution >= 4 is 17.8 Å². The van der Waals surface area contributed by atoms with Crippen LogP contribution >= 0.6 is 0 Å². The van der Waals surface area contributed by atoms with E-state index in [0.717, 1.165) is 17.1 Å². The average molecular weight is 399 g/mol. The predicted molar refractivity (Wildman–Crippen MR) is 111 cm³/mol. The molecule has 0 aliphatic carbocycles. The minimum absolute atomic E-state index is 0.101. The molecule has 7 heteroatoms. The molecule has 0 radical (unpaired) electrons. The molecular formula is C22H29N3O4. The van der Waals surface area contributed by atoms with Gasteiger partial charge in [0.15, 0.2) is 6.61 Å². The zero-order valence-corrected chi connectivity index (χ0v) is 17.9. The summed E-state index contributed by atoms with van der Waals surface area (Å²) in [5, 5.41) is 2.78. The highest BCUT2D eigenvalue weighted by molar-refractivity contribution is 5.93. The number of para-hydroxylation sites is 1. The monoisotopic (exact) mass is 399 g/mol. The second kappa shape index (κ2) is 8.94. The van der Waals surface area contributed by atoms with Crippen LogP contribution in [0.3, 0.4) is 0 Å². The van der Waals surface area contributed by atoms with E-state index in [1.807, 2.05) is 69.5 Å². The number of carbonyl (C=O) groups is 3. The fourth-order valence-electron chi connectivity index (χ4n) is 3.02. The fourth-order valence-corrected chi connectivity index (χ4v) is 3.02. The number of hydrogen-bond donors (Lipinski definition) is 1. The van der Waals surface area contributed by atoms with E-state index in [9.17, 15) is 14.4 Å². The Bertz CT molecular complexity index is 895. The van der Waals surface area contributed by atoms with Gasteiger partial charge in [-0.2, -0.15) is 0 Å². The molecule has 2 aromatic rings. The lowest BCUT2D eigenvalue weighted by atomic mass is 10.1. The van der Waals surface area contributed by atoms with Crippen molar-refractivity contribution in [2.45, 2.75) is 40.2 Å². The third-order valence-corrected chi connectivity index (χ3v) is 4.31. The fraction of sp³-hybridized carbons (Fsp3) is 0.409. The normalized spacial score (nSPS) is 11.1. The summed E-state index contributed by atoms with van der Waals surface area (Å²) in [6.45, 7) is 8.80. The molecule has 0 aliphatic rings. The molecule has 0 saturated carbocycles. The average Bonchev–Trinajstić information content (AvgIpc) is 2.92. The number of amides is 2. The zero-order chi connectivity index (χ0) is 21.8. The minimum atomic E-state index is -0.568. The van der Waals surface area contributed by atoms with Crippen LogP contribution in [0.5, 0.6) is 0 Å². The number of benzene rings is 1. The first-order valence-electron chi connectivity index (χ1n) is 9.46. The van der Waals surface area contributed by atoms with Crippen molar-refractivity contribution in [2.24, 2.45) is 0 Å². The zero-order valence-electron chi connectivity index (χ0n) is 17.9. The van der Waals surface area contributed by atoms with Crippen molar-refractivity contribution in [3.8, 4) is 5.69 Å². The number of nitrogens with zero attached hydrogens (tertiary/aromatic N) is 2. The highest BCUT2D eigenvalue weighted by atomic mass is 16.5. The van der Waals surface area contributed by atoms with Crippen LogP contribution in [-0.4, -0.2) is 53.0 Å². The number of hydrogen-bond acceptors (Lipinski definition) is 4. The van der Waals surface area contributed by atoms with Gasteiger partial charge in [-0.1, -0.05) is 18.2 Å². The third-order valence-electron chi connectivity index (χ3n) is 4.31. The van der Waals surface area contributed by atoms with E-state index in [1.54, 1.807) is 6.07 Å². The lowest BCUT2D eigenvalue weighted by Crippen LogP contribution is -2.46. The smallest absolute Gasteiger partial charge is 0.340 e. The van der Waals surface area contributed by atoms with Crippen LogP contribution in [0, 0.1) is 13.8 Å². The van der Waals surface area contributed by atoms with Crippen LogP contribution in [0.2, 0.25) is 0 Å². The summed E-state index contributed by atoms with van der Waals surface area (Å²) in [5.41, 5.74) is 2.61. The van der Waals surface area contributed by atoms with E-state index in [2.05, 4.69) is 5.32 Å². The highest BCUT2D eigenvalue weighted by Crippen LogP contribution is 2.21. The second-order valence-corrected chi connectivity index (χ2v) is 8.08. The number of esters is 1. The Morgan fingerprint density at radius 2 is 1.72 bits per heavy atom. The number of ether oxygens (including phenoxy) is 1. The van der Waals surface area contributed by atoms with Gasteiger partial charge in [0, 0.05) is 29.7 Å². The highest BCUT2D eigenvalue weighted by Gasteiger charge is 2.21. The van der Waals surface area contributed by atoms with Crippen LogP contribution in [0.15, 0.2) is 36.4 Å².